The topological polar surface area (TPSA) is 61.4 Å². The normalized spacial score (nSPS) is 12.1. The molecule has 0 aromatic carbocycles. The molecule has 1 atom stereocenters. The third-order valence-corrected chi connectivity index (χ3v) is 2.11. The first-order valence-corrected chi connectivity index (χ1v) is 5.65. The lowest BCUT2D eigenvalue weighted by Gasteiger charge is -2.13. The molecule has 0 aliphatic rings. The molecule has 0 bridgehead atoms. The molecule has 0 radical (unpaired) electrons. The average Bonchev–Trinajstić information content (AvgIpc) is 2.14. The van der Waals surface area contributed by atoms with E-state index in [1.54, 1.807) is 0 Å². The Morgan fingerprint density at radius 2 is 2.00 bits per heavy atom. The van der Waals surface area contributed by atoms with Crippen molar-refractivity contribution in [2.75, 3.05) is 20.1 Å². The maximum Gasteiger partial charge on any atom is 0.220 e. The molecule has 0 aliphatic carbocycles. The summed E-state index contributed by atoms with van der Waals surface area (Å²) in [4.78, 5) is 11.3. The summed E-state index contributed by atoms with van der Waals surface area (Å²) in [5.74, 6) is 0.481. The summed E-state index contributed by atoms with van der Waals surface area (Å²) >= 11 is 0. The predicted molar refractivity (Wildman–Crippen MR) is 68.9 cm³/mol. The highest BCUT2D eigenvalue weighted by Gasteiger charge is 2.08. The summed E-state index contributed by atoms with van der Waals surface area (Å²) in [6.45, 7) is 5.33. The number of aliphatic hydroxyl groups is 1. The highest BCUT2D eigenvalue weighted by molar-refractivity contribution is 5.85. The lowest BCUT2D eigenvalue weighted by atomic mass is 10.1. The van der Waals surface area contributed by atoms with Crippen LogP contribution in [0.1, 0.15) is 33.1 Å². The lowest BCUT2D eigenvalue weighted by Crippen LogP contribution is -2.32. The van der Waals surface area contributed by atoms with Gasteiger partial charge in [-0.1, -0.05) is 13.8 Å². The second-order valence-electron chi connectivity index (χ2n) is 4.29. The van der Waals surface area contributed by atoms with Crippen LogP contribution in [0.15, 0.2) is 0 Å². The van der Waals surface area contributed by atoms with Crippen LogP contribution >= 0.6 is 12.4 Å². The van der Waals surface area contributed by atoms with E-state index >= 15 is 0 Å². The molecule has 0 fully saturated rings. The fraction of sp³-hybridized carbons (Fsp3) is 0.909. The Bertz CT molecular complexity index is 177. The van der Waals surface area contributed by atoms with E-state index in [2.05, 4.69) is 24.5 Å². The van der Waals surface area contributed by atoms with Crippen molar-refractivity contribution in [3.8, 4) is 0 Å². The fourth-order valence-corrected chi connectivity index (χ4v) is 1.37. The maximum absolute atomic E-state index is 11.3. The molecule has 3 N–H and O–H groups in total. The molecular weight excluding hydrogens is 228 g/mol. The fourth-order valence-electron chi connectivity index (χ4n) is 1.37. The van der Waals surface area contributed by atoms with Gasteiger partial charge in [0.2, 0.25) is 5.91 Å². The molecule has 0 saturated heterocycles. The third-order valence-electron chi connectivity index (χ3n) is 2.11. The first-order valence-electron chi connectivity index (χ1n) is 5.65. The van der Waals surface area contributed by atoms with E-state index in [1.807, 2.05) is 7.05 Å². The van der Waals surface area contributed by atoms with E-state index in [1.165, 1.54) is 0 Å². The van der Waals surface area contributed by atoms with Gasteiger partial charge in [-0.3, -0.25) is 4.79 Å². The number of hydrogen-bond donors (Lipinski definition) is 3. The van der Waals surface area contributed by atoms with Crippen LogP contribution < -0.4 is 10.6 Å². The largest absolute Gasteiger partial charge is 0.391 e. The first-order chi connectivity index (χ1) is 7.06. The zero-order valence-electron chi connectivity index (χ0n) is 10.5. The minimum absolute atomic E-state index is 0. The zero-order valence-corrected chi connectivity index (χ0v) is 11.3. The Hall–Kier alpha value is -0.320. The standard InChI is InChI=1S/C11H24N2O2.ClH/c1-9(2)7-10(14)8-13-11(15)5-4-6-12-3;/h9-10,12,14H,4-8H2,1-3H3,(H,13,15);1H. The first kappa shape index (κ1) is 18.1. The molecular formula is C11H25ClN2O2. The highest BCUT2D eigenvalue weighted by atomic mass is 35.5. The summed E-state index contributed by atoms with van der Waals surface area (Å²) in [6, 6.07) is 0. The summed E-state index contributed by atoms with van der Waals surface area (Å²) in [6.07, 6.45) is 1.67. The van der Waals surface area contributed by atoms with E-state index in [9.17, 15) is 9.90 Å². The Labute approximate surface area is 105 Å². The summed E-state index contributed by atoms with van der Waals surface area (Å²) in [5, 5.41) is 15.2. The molecule has 16 heavy (non-hydrogen) atoms. The summed E-state index contributed by atoms with van der Waals surface area (Å²) in [5.41, 5.74) is 0. The minimum Gasteiger partial charge on any atom is -0.391 e. The van der Waals surface area contributed by atoms with Crippen LogP contribution in [-0.4, -0.2) is 37.3 Å². The summed E-state index contributed by atoms with van der Waals surface area (Å²) in [7, 11) is 1.87. The van der Waals surface area contributed by atoms with Crippen molar-refractivity contribution in [2.45, 2.75) is 39.2 Å². The molecule has 0 rings (SSSR count). The summed E-state index contributed by atoms with van der Waals surface area (Å²) < 4.78 is 0. The van der Waals surface area contributed by atoms with E-state index in [-0.39, 0.29) is 18.3 Å². The van der Waals surface area contributed by atoms with Gasteiger partial charge in [-0.05, 0) is 32.4 Å². The molecule has 98 valence electrons. The van der Waals surface area contributed by atoms with Crippen LogP contribution in [0.2, 0.25) is 0 Å². The molecule has 1 amide bonds. The monoisotopic (exact) mass is 252 g/mol. The Kier molecular flexibility index (Phi) is 12.6. The van der Waals surface area contributed by atoms with E-state index in [0.29, 0.717) is 18.9 Å². The number of aliphatic hydroxyl groups excluding tert-OH is 1. The van der Waals surface area contributed by atoms with Gasteiger partial charge in [-0.15, -0.1) is 12.4 Å². The van der Waals surface area contributed by atoms with E-state index in [0.717, 1.165) is 19.4 Å². The van der Waals surface area contributed by atoms with Gasteiger partial charge < -0.3 is 15.7 Å². The highest BCUT2D eigenvalue weighted by Crippen LogP contribution is 2.03. The van der Waals surface area contributed by atoms with Crippen molar-refractivity contribution in [3.63, 3.8) is 0 Å². The third kappa shape index (κ3) is 11.8. The van der Waals surface area contributed by atoms with Crippen LogP contribution in [0.3, 0.4) is 0 Å². The maximum atomic E-state index is 11.3. The molecule has 0 saturated carbocycles. The van der Waals surface area contributed by atoms with Gasteiger partial charge in [0.25, 0.3) is 0 Å². The Morgan fingerprint density at radius 1 is 1.38 bits per heavy atom. The second kappa shape index (κ2) is 11.2. The molecule has 5 heteroatoms. The minimum atomic E-state index is -0.418. The van der Waals surface area contributed by atoms with Crippen molar-refractivity contribution in [3.05, 3.63) is 0 Å². The Morgan fingerprint density at radius 3 is 2.50 bits per heavy atom. The van der Waals surface area contributed by atoms with E-state index in [4.69, 9.17) is 0 Å². The molecule has 0 aromatic rings. The number of amides is 1. The van der Waals surface area contributed by atoms with Crippen molar-refractivity contribution in [1.29, 1.82) is 0 Å². The van der Waals surface area contributed by atoms with Crippen LogP contribution in [0, 0.1) is 5.92 Å². The quantitative estimate of drug-likeness (QED) is 0.564. The van der Waals surface area contributed by atoms with Gasteiger partial charge in [0.1, 0.15) is 0 Å². The zero-order chi connectivity index (χ0) is 11.7. The van der Waals surface area contributed by atoms with E-state index < -0.39 is 6.10 Å². The SMILES string of the molecule is CNCCCC(=O)NCC(O)CC(C)C.Cl. The van der Waals surface area contributed by atoms with Gasteiger partial charge in [-0.2, -0.15) is 0 Å². The van der Waals surface area contributed by atoms with Gasteiger partial charge in [-0.25, -0.2) is 0 Å². The van der Waals surface area contributed by atoms with Crippen LogP contribution in [0.5, 0.6) is 0 Å². The van der Waals surface area contributed by atoms with Gasteiger partial charge in [0.15, 0.2) is 0 Å². The Balaban J connectivity index is 0. The number of nitrogens with one attached hydrogen (secondary N) is 2. The van der Waals surface area contributed by atoms with Crippen molar-refractivity contribution < 1.29 is 9.90 Å². The van der Waals surface area contributed by atoms with Crippen LogP contribution in [-0.2, 0) is 4.79 Å². The van der Waals surface area contributed by atoms with Crippen LogP contribution in [0.4, 0.5) is 0 Å². The molecule has 0 spiro atoms. The van der Waals surface area contributed by atoms with Crippen molar-refractivity contribution in [2.24, 2.45) is 5.92 Å². The number of hydrogen-bond acceptors (Lipinski definition) is 3. The van der Waals surface area contributed by atoms with Crippen molar-refractivity contribution in [1.82, 2.24) is 10.6 Å². The number of carbonyl (C=O) groups excluding carboxylic acids is 1. The smallest absolute Gasteiger partial charge is 0.220 e. The molecule has 0 aromatic heterocycles. The lowest BCUT2D eigenvalue weighted by molar-refractivity contribution is -0.121. The van der Waals surface area contributed by atoms with Gasteiger partial charge in [0.05, 0.1) is 6.10 Å². The molecule has 4 nitrogen and oxygen atoms in total. The molecule has 0 aliphatic heterocycles. The number of halogens is 1. The van der Waals surface area contributed by atoms with Gasteiger partial charge >= 0.3 is 0 Å². The van der Waals surface area contributed by atoms with Gasteiger partial charge in [0, 0.05) is 13.0 Å². The molecule has 1 unspecified atom stereocenters. The molecule has 0 heterocycles. The predicted octanol–water partition coefficient (Wildman–Crippen LogP) is 0.931. The van der Waals surface area contributed by atoms with Crippen molar-refractivity contribution >= 4 is 18.3 Å². The number of rotatable bonds is 8. The van der Waals surface area contributed by atoms with Crippen LogP contribution in [0.25, 0.3) is 0 Å². The number of carbonyl (C=O) groups is 1. The average molecular weight is 253 g/mol. The second-order valence-corrected chi connectivity index (χ2v) is 4.29.